The van der Waals surface area contributed by atoms with Crippen LogP contribution < -0.4 is 9.47 Å². The van der Waals surface area contributed by atoms with Gasteiger partial charge in [0.25, 0.3) is 5.91 Å². The smallest absolute Gasteiger partial charge is 0.289 e. The number of para-hydroxylation sites is 1. The Kier molecular flexibility index (Phi) is 4.52. The molecule has 0 spiro atoms. The van der Waals surface area contributed by atoms with Crippen molar-refractivity contribution >= 4 is 5.91 Å². The van der Waals surface area contributed by atoms with Gasteiger partial charge < -0.3 is 18.8 Å². The Balaban J connectivity index is 2.22. The normalized spacial score (nSPS) is 10.3. The highest BCUT2D eigenvalue weighted by Crippen LogP contribution is 2.31. The fourth-order valence-corrected chi connectivity index (χ4v) is 2.17. The molecule has 0 aliphatic rings. The van der Waals surface area contributed by atoms with Gasteiger partial charge in [-0.3, -0.25) is 4.79 Å². The molecular weight excluding hydrogens is 270 g/mol. The van der Waals surface area contributed by atoms with E-state index in [1.807, 2.05) is 25.1 Å². The molecule has 0 unspecified atom stereocenters. The molecule has 0 saturated heterocycles. The van der Waals surface area contributed by atoms with Crippen molar-refractivity contribution < 1.29 is 18.7 Å². The molecule has 5 heteroatoms. The highest BCUT2D eigenvalue weighted by Gasteiger charge is 2.19. The molecule has 0 aliphatic carbocycles. The van der Waals surface area contributed by atoms with Crippen molar-refractivity contribution in [3.8, 4) is 11.5 Å². The molecule has 21 heavy (non-hydrogen) atoms. The molecule has 1 aromatic carbocycles. The number of aryl methyl sites for hydroxylation is 1. The summed E-state index contributed by atoms with van der Waals surface area (Å²) in [4.78, 5) is 13.9. The Bertz CT molecular complexity index is 633. The second-order valence-corrected chi connectivity index (χ2v) is 4.75. The molecule has 0 atom stereocenters. The van der Waals surface area contributed by atoms with Gasteiger partial charge in [0, 0.05) is 24.7 Å². The minimum Gasteiger partial charge on any atom is -0.493 e. The lowest BCUT2D eigenvalue weighted by Gasteiger charge is -2.19. The SMILES string of the molecule is COc1cccc(CN(C)C(=O)c2occc2C)c1OC. The minimum absolute atomic E-state index is 0.164. The van der Waals surface area contributed by atoms with E-state index in [0.29, 0.717) is 23.8 Å². The summed E-state index contributed by atoms with van der Waals surface area (Å²) in [6.07, 6.45) is 1.52. The Labute approximate surface area is 124 Å². The van der Waals surface area contributed by atoms with E-state index in [9.17, 15) is 4.79 Å². The molecule has 2 rings (SSSR count). The zero-order chi connectivity index (χ0) is 15.4. The van der Waals surface area contributed by atoms with E-state index in [1.165, 1.54) is 6.26 Å². The second-order valence-electron chi connectivity index (χ2n) is 4.75. The number of rotatable bonds is 5. The average Bonchev–Trinajstić information content (AvgIpc) is 2.92. The summed E-state index contributed by atoms with van der Waals surface area (Å²) >= 11 is 0. The number of hydrogen-bond acceptors (Lipinski definition) is 4. The van der Waals surface area contributed by atoms with Gasteiger partial charge in [-0.15, -0.1) is 0 Å². The predicted molar refractivity (Wildman–Crippen MR) is 78.8 cm³/mol. The van der Waals surface area contributed by atoms with E-state index in [-0.39, 0.29) is 5.91 Å². The van der Waals surface area contributed by atoms with Crippen LogP contribution in [0.15, 0.2) is 34.9 Å². The third kappa shape index (κ3) is 3.02. The number of ether oxygens (including phenoxy) is 2. The van der Waals surface area contributed by atoms with Gasteiger partial charge in [-0.05, 0) is 19.1 Å². The first-order valence-electron chi connectivity index (χ1n) is 6.58. The minimum atomic E-state index is -0.164. The summed E-state index contributed by atoms with van der Waals surface area (Å²) < 4.78 is 15.9. The molecule has 1 amide bonds. The highest BCUT2D eigenvalue weighted by atomic mass is 16.5. The molecule has 0 saturated carbocycles. The summed E-state index contributed by atoms with van der Waals surface area (Å²) in [5, 5.41) is 0. The van der Waals surface area contributed by atoms with Crippen molar-refractivity contribution in [3.63, 3.8) is 0 Å². The summed E-state index contributed by atoms with van der Waals surface area (Å²) in [7, 11) is 4.89. The van der Waals surface area contributed by atoms with Crippen LogP contribution in [-0.2, 0) is 6.54 Å². The zero-order valence-electron chi connectivity index (χ0n) is 12.7. The summed E-state index contributed by atoms with van der Waals surface area (Å²) in [5.41, 5.74) is 1.70. The van der Waals surface area contributed by atoms with Crippen LogP contribution in [0, 0.1) is 6.92 Å². The van der Waals surface area contributed by atoms with Gasteiger partial charge in [-0.1, -0.05) is 12.1 Å². The van der Waals surface area contributed by atoms with Crippen LogP contribution in [0.1, 0.15) is 21.7 Å². The lowest BCUT2D eigenvalue weighted by molar-refractivity contribution is 0.0751. The number of methoxy groups -OCH3 is 2. The van der Waals surface area contributed by atoms with Gasteiger partial charge in [0.1, 0.15) is 0 Å². The van der Waals surface area contributed by atoms with Crippen molar-refractivity contribution in [1.29, 1.82) is 0 Å². The molecule has 0 N–H and O–H groups in total. The van der Waals surface area contributed by atoms with Crippen LogP contribution in [0.5, 0.6) is 11.5 Å². The molecule has 0 aliphatic heterocycles. The first-order valence-corrected chi connectivity index (χ1v) is 6.58. The average molecular weight is 289 g/mol. The van der Waals surface area contributed by atoms with Gasteiger partial charge in [-0.2, -0.15) is 0 Å². The number of benzene rings is 1. The molecule has 1 heterocycles. The van der Waals surface area contributed by atoms with E-state index >= 15 is 0 Å². The van der Waals surface area contributed by atoms with Crippen LogP contribution >= 0.6 is 0 Å². The van der Waals surface area contributed by atoms with E-state index in [1.54, 1.807) is 32.2 Å². The number of carbonyl (C=O) groups is 1. The van der Waals surface area contributed by atoms with E-state index < -0.39 is 0 Å². The van der Waals surface area contributed by atoms with Crippen LogP contribution in [0.2, 0.25) is 0 Å². The number of furan rings is 1. The van der Waals surface area contributed by atoms with E-state index in [0.717, 1.165) is 11.1 Å². The molecule has 1 aromatic heterocycles. The maximum Gasteiger partial charge on any atom is 0.289 e. The third-order valence-electron chi connectivity index (χ3n) is 3.30. The van der Waals surface area contributed by atoms with Gasteiger partial charge >= 0.3 is 0 Å². The lowest BCUT2D eigenvalue weighted by atomic mass is 10.1. The quantitative estimate of drug-likeness (QED) is 0.849. The van der Waals surface area contributed by atoms with E-state index in [2.05, 4.69) is 0 Å². The molecule has 112 valence electrons. The highest BCUT2D eigenvalue weighted by molar-refractivity contribution is 5.92. The molecule has 0 bridgehead atoms. The lowest BCUT2D eigenvalue weighted by Crippen LogP contribution is -2.26. The fraction of sp³-hybridized carbons (Fsp3) is 0.312. The molecule has 5 nitrogen and oxygen atoms in total. The van der Waals surface area contributed by atoms with Crippen LogP contribution in [-0.4, -0.2) is 32.1 Å². The van der Waals surface area contributed by atoms with Crippen molar-refractivity contribution in [2.75, 3.05) is 21.3 Å². The van der Waals surface area contributed by atoms with Crippen molar-refractivity contribution in [2.24, 2.45) is 0 Å². The van der Waals surface area contributed by atoms with Gasteiger partial charge in [0.05, 0.1) is 20.5 Å². The second kappa shape index (κ2) is 6.35. The van der Waals surface area contributed by atoms with Crippen molar-refractivity contribution in [2.45, 2.75) is 13.5 Å². The standard InChI is InChI=1S/C16H19NO4/c1-11-8-9-21-14(11)16(18)17(2)10-12-6-5-7-13(19-3)15(12)20-4/h5-9H,10H2,1-4H3. The topological polar surface area (TPSA) is 51.9 Å². The van der Waals surface area contributed by atoms with Crippen LogP contribution in [0.3, 0.4) is 0 Å². The third-order valence-corrected chi connectivity index (χ3v) is 3.30. The van der Waals surface area contributed by atoms with Crippen molar-refractivity contribution in [3.05, 3.63) is 47.4 Å². The van der Waals surface area contributed by atoms with Crippen LogP contribution in [0.25, 0.3) is 0 Å². The number of nitrogens with zero attached hydrogens (tertiary/aromatic N) is 1. The maximum atomic E-state index is 12.3. The molecule has 0 radical (unpaired) electrons. The van der Waals surface area contributed by atoms with E-state index in [4.69, 9.17) is 13.9 Å². The van der Waals surface area contributed by atoms with Crippen molar-refractivity contribution in [1.82, 2.24) is 4.90 Å². The van der Waals surface area contributed by atoms with Gasteiger partial charge in [-0.25, -0.2) is 0 Å². The maximum absolute atomic E-state index is 12.3. The van der Waals surface area contributed by atoms with Crippen LogP contribution in [0.4, 0.5) is 0 Å². The number of hydrogen-bond donors (Lipinski definition) is 0. The Morgan fingerprint density at radius 3 is 2.57 bits per heavy atom. The van der Waals surface area contributed by atoms with Gasteiger partial charge in [0.2, 0.25) is 0 Å². The predicted octanol–water partition coefficient (Wildman–Crippen LogP) is 2.88. The Morgan fingerprint density at radius 2 is 2.00 bits per heavy atom. The summed E-state index contributed by atoms with van der Waals surface area (Å²) in [5.74, 6) is 1.47. The number of amides is 1. The first-order chi connectivity index (χ1) is 10.1. The summed E-state index contributed by atoms with van der Waals surface area (Å²) in [6, 6.07) is 7.36. The molecule has 2 aromatic rings. The summed E-state index contributed by atoms with van der Waals surface area (Å²) in [6.45, 7) is 2.25. The monoisotopic (exact) mass is 289 g/mol. The largest absolute Gasteiger partial charge is 0.493 e. The Morgan fingerprint density at radius 1 is 1.24 bits per heavy atom. The number of carbonyl (C=O) groups excluding carboxylic acids is 1. The zero-order valence-corrected chi connectivity index (χ0v) is 12.7. The molecular formula is C16H19NO4. The van der Waals surface area contributed by atoms with Gasteiger partial charge in [0.15, 0.2) is 17.3 Å². The Hall–Kier alpha value is -2.43. The first kappa shape index (κ1) is 15.0. The molecule has 0 fully saturated rings. The fourth-order valence-electron chi connectivity index (χ4n) is 2.17.